The minimum absolute atomic E-state index is 0.841. The van der Waals surface area contributed by atoms with E-state index in [0.29, 0.717) is 0 Å². The number of nitrogens with one attached hydrogen (secondary N) is 1. The first-order valence-electron chi connectivity index (χ1n) is 5.47. The molecule has 0 aliphatic heterocycles. The SMILES string of the molecule is C=CCNCCN(C)Cc1ccccc1Cl. The van der Waals surface area contributed by atoms with E-state index in [1.165, 1.54) is 5.56 Å². The molecule has 0 atom stereocenters. The number of likely N-dealkylation sites (N-methyl/N-ethyl adjacent to an activating group) is 1. The molecule has 0 aliphatic carbocycles. The molecule has 0 amide bonds. The summed E-state index contributed by atoms with van der Waals surface area (Å²) in [5, 5.41) is 4.11. The number of benzene rings is 1. The van der Waals surface area contributed by atoms with E-state index in [9.17, 15) is 0 Å². The largest absolute Gasteiger partial charge is 0.312 e. The number of halogens is 1. The quantitative estimate of drug-likeness (QED) is 0.580. The number of hydrogen-bond acceptors (Lipinski definition) is 2. The van der Waals surface area contributed by atoms with Crippen LogP contribution in [-0.4, -0.2) is 31.6 Å². The fourth-order valence-electron chi connectivity index (χ4n) is 1.47. The van der Waals surface area contributed by atoms with Crippen LogP contribution in [0.1, 0.15) is 5.56 Å². The van der Waals surface area contributed by atoms with Crippen LogP contribution in [0.4, 0.5) is 0 Å². The summed E-state index contributed by atoms with van der Waals surface area (Å²) in [5.41, 5.74) is 1.18. The number of hydrogen-bond donors (Lipinski definition) is 1. The van der Waals surface area contributed by atoms with E-state index in [4.69, 9.17) is 11.6 Å². The molecule has 0 saturated carbocycles. The van der Waals surface area contributed by atoms with E-state index in [2.05, 4.69) is 29.9 Å². The Balaban J connectivity index is 2.31. The van der Waals surface area contributed by atoms with Gasteiger partial charge in [-0.1, -0.05) is 35.9 Å². The summed E-state index contributed by atoms with van der Waals surface area (Å²) in [7, 11) is 2.10. The maximum atomic E-state index is 6.10. The van der Waals surface area contributed by atoms with Gasteiger partial charge in [-0.3, -0.25) is 0 Å². The van der Waals surface area contributed by atoms with Gasteiger partial charge in [0.25, 0.3) is 0 Å². The first-order chi connectivity index (χ1) is 7.74. The smallest absolute Gasteiger partial charge is 0.0451 e. The maximum Gasteiger partial charge on any atom is 0.0451 e. The van der Waals surface area contributed by atoms with Crippen LogP contribution in [0.5, 0.6) is 0 Å². The van der Waals surface area contributed by atoms with Crippen molar-refractivity contribution < 1.29 is 0 Å². The second kappa shape index (κ2) is 7.44. The third-order valence-corrected chi connectivity index (χ3v) is 2.73. The Morgan fingerprint density at radius 1 is 1.44 bits per heavy atom. The molecule has 0 bridgehead atoms. The van der Waals surface area contributed by atoms with Gasteiger partial charge in [0.05, 0.1) is 0 Å². The molecule has 3 heteroatoms. The van der Waals surface area contributed by atoms with Crippen LogP contribution in [0.15, 0.2) is 36.9 Å². The molecule has 0 fully saturated rings. The second-order valence-corrected chi connectivity index (χ2v) is 4.23. The van der Waals surface area contributed by atoms with Gasteiger partial charge in [0, 0.05) is 31.2 Å². The normalized spacial score (nSPS) is 10.7. The summed E-state index contributed by atoms with van der Waals surface area (Å²) in [6, 6.07) is 7.97. The Labute approximate surface area is 103 Å². The molecule has 88 valence electrons. The molecule has 0 aromatic heterocycles. The first kappa shape index (κ1) is 13.2. The fourth-order valence-corrected chi connectivity index (χ4v) is 1.67. The Kier molecular flexibility index (Phi) is 6.16. The topological polar surface area (TPSA) is 15.3 Å². The average molecular weight is 239 g/mol. The highest BCUT2D eigenvalue weighted by molar-refractivity contribution is 6.31. The molecule has 1 N–H and O–H groups in total. The minimum Gasteiger partial charge on any atom is -0.312 e. The lowest BCUT2D eigenvalue weighted by atomic mass is 10.2. The van der Waals surface area contributed by atoms with E-state index in [-0.39, 0.29) is 0 Å². The third kappa shape index (κ3) is 4.79. The lowest BCUT2D eigenvalue weighted by Gasteiger charge is -2.17. The first-order valence-corrected chi connectivity index (χ1v) is 5.85. The average Bonchev–Trinajstić information content (AvgIpc) is 2.28. The minimum atomic E-state index is 0.841. The van der Waals surface area contributed by atoms with Gasteiger partial charge in [-0.25, -0.2) is 0 Å². The molecule has 0 aliphatic rings. The molecule has 0 saturated heterocycles. The second-order valence-electron chi connectivity index (χ2n) is 3.82. The molecule has 16 heavy (non-hydrogen) atoms. The van der Waals surface area contributed by atoms with Gasteiger partial charge in [-0.15, -0.1) is 6.58 Å². The van der Waals surface area contributed by atoms with Crippen LogP contribution in [0.3, 0.4) is 0 Å². The van der Waals surface area contributed by atoms with E-state index in [1.807, 2.05) is 24.3 Å². The van der Waals surface area contributed by atoms with Crippen LogP contribution in [0.2, 0.25) is 5.02 Å². The maximum absolute atomic E-state index is 6.10. The predicted octanol–water partition coefficient (Wildman–Crippen LogP) is 2.55. The summed E-state index contributed by atoms with van der Waals surface area (Å²) in [6.45, 7) is 7.37. The highest BCUT2D eigenvalue weighted by Gasteiger charge is 2.02. The van der Waals surface area contributed by atoms with Crippen LogP contribution in [-0.2, 0) is 6.54 Å². The molecular formula is C13H19ClN2. The van der Waals surface area contributed by atoms with Crippen molar-refractivity contribution in [1.29, 1.82) is 0 Å². The Bertz CT molecular complexity index is 325. The molecule has 2 nitrogen and oxygen atoms in total. The van der Waals surface area contributed by atoms with E-state index >= 15 is 0 Å². The van der Waals surface area contributed by atoms with Crippen molar-refractivity contribution in [2.75, 3.05) is 26.7 Å². The standard InChI is InChI=1S/C13H19ClN2/c1-3-8-15-9-10-16(2)11-12-6-4-5-7-13(12)14/h3-7,15H,1,8-11H2,2H3. The van der Waals surface area contributed by atoms with Crippen molar-refractivity contribution in [2.45, 2.75) is 6.54 Å². The van der Waals surface area contributed by atoms with Gasteiger partial charge in [0.15, 0.2) is 0 Å². The van der Waals surface area contributed by atoms with Crippen molar-refractivity contribution in [2.24, 2.45) is 0 Å². The molecule has 0 heterocycles. The van der Waals surface area contributed by atoms with Crippen LogP contribution >= 0.6 is 11.6 Å². The molecule has 0 unspecified atom stereocenters. The predicted molar refractivity (Wildman–Crippen MR) is 70.9 cm³/mol. The highest BCUT2D eigenvalue weighted by atomic mass is 35.5. The molecule has 1 aromatic rings. The van der Waals surface area contributed by atoms with Crippen molar-refractivity contribution in [1.82, 2.24) is 10.2 Å². The zero-order valence-electron chi connectivity index (χ0n) is 9.75. The summed E-state index contributed by atoms with van der Waals surface area (Å²) in [6.07, 6.45) is 1.87. The Morgan fingerprint density at radius 2 is 2.19 bits per heavy atom. The van der Waals surface area contributed by atoms with Crippen molar-refractivity contribution in [3.63, 3.8) is 0 Å². The van der Waals surface area contributed by atoms with Gasteiger partial charge >= 0.3 is 0 Å². The Hall–Kier alpha value is -0.830. The zero-order chi connectivity index (χ0) is 11.8. The molecule has 1 aromatic carbocycles. The summed E-state index contributed by atoms with van der Waals surface area (Å²) < 4.78 is 0. The van der Waals surface area contributed by atoms with E-state index in [1.54, 1.807) is 0 Å². The van der Waals surface area contributed by atoms with Crippen LogP contribution < -0.4 is 5.32 Å². The van der Waals surface area contributed by atoms with Crippen LogP contribution in [0, 0.1) is 0 Å². The molecule has 0 spiro atoms. The lowest BCUT2D eigenvalue weighted by molar-refractivity contribution is 0.326. The van der Waals surface area contributed by atoms with Gasteiger partial charge in [-0.05, 0) is 18.7 Å². The van der Waals surface area contributed by atoms with Gasteiger partial charge in [0.1, 0.15) is 0 Å². The van der Waals surface area contributed by atoms with E-state index < -0.39 is 0 Å². The van der Waals surface area contributed by atoms with Gasteiger partial charge in [0.2, 0.25) is 0 Å². The van der Waals surface area contributed by atoms with Crippen molar-refractivity contribution >= 4 is 11.6 Å². The van der Waals surface area contributed by atoms with Crippen LogP contribution in [0.25, 0.3) is 0 Å². The number of rotatable bonds is 7. The summed E-state index contributed by atoms with van der Waals surface area (Å²) >= 11 is 6.10. The molecular weight excluding hydrogens is 220 g/mol. The highest BCUT2D eigenvalue weighted by Crippen LogP contribution is 2.15. The fraction of sp³-hybridized carbons (Fsp3) is 0.385. The monoisotopic (exact) mass is 238 g/mol. The lowest BCUT2D eigenvalue weighted by Crippen LogP contribution is -2.29. The third-order valence-electron chi connectivity index (χ3n) is 2.36. The van der Waals surface area contributed by atoms with Gasteiger partial charge in [-0.2, -0.15) is 0 Å². The molecule has 0 radical (unpaired) electrons. The van der Waals surface area contributed by atoms with E-state index in [0.717, 1.165) is 31.2 Å². The zero-order valence-corrected chi connectivity index (χ0v) is 10.5. The summed E-state index contributed by atoms with van der Waals surface area (Å²) in [4.78, 5) is 2.25. The van der Waals surface area contributed by atoms with Crippen molar-refractivity contribution in [3.05, 3.63) is 47.5 Å². The van der Waals surface area contributed by atoms with Crippen molar-refractivity contribution in [3.8, 4) is 0 Å². The summed E-state index contributed by atoms with van der Waals surface area (Å²) in [5.74, 6) is 0. The molecule has 1 rings (SSSR count). The Morgan fingerprint density at radius 3 is 2.88 bits per heavy atom. The number of nitrogens with zero attached hydrogens (tertiary/aromatic N) is 1. The van der Waals surface area contributed by atoms with Gasteiger partial charge < -0.3 is 10.2 Å².